The monoisotopic (exact) mass is 352 g/mol. The normalized spacial score (nSPS) is 10.7. The fourth-order valence-electron chi connectivity index (χ4n) is 2.32. The standard InChI is InChI=1S/C20H24N4O2/c1-2-3-4-5-8-19(25)23-18-11-9-17(10-12-18)20(26)24-22-15-16-7-6-13-21-14-16/h6-7,9-15H,2-5,8H2,1H3,(H,23,25)(H,24,26). The molecule has 6 heteroatoms. The Kier molecular flexibility index (Phi) is 7.99. The summed E-state index contributed by atoms with van der Waals surface area (Å²) in [7, 11) is 0. The molecule has 0 radical (unpaired) electrons. The Morgan fingerprint density at radius 1 is 1.12 bits per heavy atom. The highest BCUT2D eigenvalue weighted by molar-refractivity contribution is 5.96. The average Bonchev–Trinajstić information content (AvgIpc) is 2.66. The molecule has 0 aliphatic carbocycles. The number of rotatable bonds is 9. The van der Waals surface area contributed by atoms with E-state index < -0.39 is 0 Å². The Balaban J connectivity index is 1.79. The van der Waals surface area contributed by atoms with E-state index in [9.17, 15) is 9.59 Å². The van der Waals surface area contributed by atoms with Crippen molar-refractivity contribution in [1.29, 1.82) is 0 Å². The van der Waals surface area contributed by atoms with Gasteiger partial charge >= 0.3 is 0 Å². The van der Waals surface area contributed by atoms with Crippen LogP contribution in [-0.4, -0.2) is 23.0 Å². The van der Waals surface area contributed by atoms with Gasteiger partial charge in [0.15, 0.2) is 0 Å². The van der Waals surface area contributed by atoms with E-state index in [1.54, 1.807) is 42.7 Å². The number of nitrogens with one attached hydrogen (secondary N) is 2. The Labute approximate surface area is 153 Å². The molecule has 0 saturated carbocycles. The number of hydrazone groups is 1. The lowest BCUT2D eigenvalue weighted by Gasteiger charge is -2.06. The molecule has 1 heterocycles. The molecule has 0 bridgehead atoms. The summed E-state index contributed by atoms with van der Waals surface area (Å²) >= 11 is 0. The molecular weight excluding hydrogens is 328 g/mol. The van der Waals surface area contributed by atoms with E-state index in [2.05, 4.69) is 27.8 Å². The van der Waals surface area contributed by atoms with Gasteiger partial charge in [-0.3, -0.25) is 14.6 Å². The molecule has 2 amide bonds. The van der Waals surface area contributed by atoms with Crippen molar-refractivity contribution in [2.24, 2.45) is 5.10 Å². The highest BCUT2D eigenvalue weighted by Gasteiger charge is 2.06. The minimum absolute atomic E-state index is 0.000579. The van der Waals surface area contributed by atoms with Crippen LogP contribution in [0.5, 0.6) is 0 Å². The molecule has 6 nitrogen and oxygen atoms in total. The Morgan fingerprint density at radius 2 is 1.92 bits per heavy atom. The van der Waals surface area contributed by atoms with Crippen molar-refractivity contribution >= 4 is 23.7 Å². The van der Waals surface area contributed by atoms with Gasteiger partial charge in [-0.2, -0.15) is 5.10 Å². The fraction of sp³-hybridized carbons (Fsp3) is 0.300. The first kappa shape index (κ1) is 19.3. The van der Waals surface area contributed by atoms with Crippen LogP contribution in [0.2, 0.25) is 0 Å². The van der Waals surface area contributed by atoms with E-state index in [4.69, 9.17) is 0 Å². The van der Waals surface area contributed by atoms with Crippen LogP contribution >= 0.6 is 0 Å². The largest absolute Gasteiger partial charge is 0.326 e. The first-order valence-electron chi connectivity index (χ1n) is 8.82. The topological polar surface area (TPSA) is 83.5 Å². The summed E-state index contributed by atoms with van der Waals surface area (Å²) in [5.41, 5.74) is 4.41. The van der Waals surface area contributed by atoms with Crippen molar-refractivity contribution in [2.45, 2.75) is 39.0 Å². The van der Waals surface area contributed by atoms with Gasteiger partial charge < -0.3 is 5.32 Å². The van der Waals surface area contributed by atoms with Crippen molar-refractivity contribution in [3.8, 4) is 0 Å². The third kappa shape index (κ3) is 6.84. The van der Waals surface area contributed by atoms with E-state index in [1.165, 1.54) is 6.21 Å². The van der Waals surface area contributed by atoms with E-state index in [0.29, 0.717) is 17.7 Å². The second kappa shape index (κ2) is 10.8. The Morgan fingerprint density at radius 3 is 2.62 bits per heavy atom. The first-order valence-corrected chi connectivity index (χ1v) is 8.82. The number of pyridine rings is 1. The number of anilines is 1. The molecule has 0 aliphatic rings. The van der Waals surface area contributed by atoms with Crippen LogP contribution in [0, 0.1) is 0 Å². The number of carbonyl (C=O) groups is 2. The van der Waals surface area contributed by atoms with E-state index >= 15 is 0 Å². The van der Waals surface area contributed by atoms with Crippen molar-refractivity contribution in [2.75, 3.05) is 5.32 Å². The zero-order valence-electron chi connectivity index (χ0n) is 14.9. The van der Waals surface area contributed by atoms with Gasteiger partial charge in [-0.1, -0.05) is 32.3 Å². The van der Waals surface area contributed by atoms with Crippen molar-refractivity contribution in [3.05, 3.63) is 59.9 Å². The second-order valence-electron chi connectivity index (χ2n) is 5.92. The number of benzene rings is 1. The van der Waals surface area contributed by atoms with Crippen molar-refractivity contribution in [3.63, 3.8) is 0 Å². The van der Waals surface area contributed by atoms with Crippen LogP contribution in [-0.2, 0) is 4.79 Å². The summed E-state index contributed by atoms with van der Waals surface area (Å²) in [4.78, 5) is 27.9. The third-order valence-electron chi connectivity index (χ3n) is 3.75. The molecule has 2 N–H and O–H groups in total. The van der Waals surface area contributed by atoms with Gasteiger partial charge in [-0.05, 0) is 36.8 Å². The summed E-state index contributed by atoms with van der Waals surface area (Å²) < 4.78 is 0. The van der Waals surface area contributed by atoms with Crippen LogP contribution in [0.15, 0.2) is 53.9 Å². The molecule has 0 saturated heterocycles. The molecule has 136 valence electrons. The number of amides is 2. The number of aromatic nitrogens is 1. The highest BCUT2D eigenvalue weighted by Crippen LogP contribution is 2.11. The maximum atomic E-state index is 12.0. The molecule has 1 aromatic carbocycles. The van der Waals surface area contributed by atoms with Crippen LogP contribution in [0.25, 0.3) is 0 Å². The smallest absolute Gasteiger partial charge is 0.271 e. The molecule has 1 aromatic heterocycles. The maximum Gasteiger partial charge on any atom is 0.271 e. The van der Waals surface area contributed by atoms with E-state index in [0.717, 1.165) is 31.2 Å². The van der Waals surface area contributed by atoms with Crippen LogP contribution in [0.3, 0.4) is 0 Å². The zero-order chi connectivity index (χ0) is 18.6. The molecular formula is C20H24N4O2. The minimum Gasteiger partial charge on any atom is -0.326 e. The maximum absolute atomic E-state index is 12.0. The van der Waals surface area contributed by atoms with Gasteiger partial charge in [-0.15, -0.1) is 0 Å². The van der Waals surface area contributed by atoms with Gasteiger partial charge in [0.1, 0.15) is 0 Å². The van der Waals surface area contributed by atoms with Gasteiger partial charge in [0.2, 0.25) is 5.91 Å². The Hall–Kier alpha value is -3.02. The molecule has 0 spiro atoms. The summed E-state index contributed by atoms with van der Waals surface area (Å²) in [5, 5.41) is 6.75. The number of hydrogen-bond donors (Lipinski definition) is 2. The lowest BCUT2D eigenvalue weighted by atomic mass is 10.1. The molecule has 2 aromatic rings. The van der Waals surface area contributed by atoms with Crippen LogP contribution in [0.1, 0.15) is 54.9 Å². The van der Waals surface area contributed by atoms with Crippen LogP contribution < -0.4 is 10.7 Å². The highest BCUT2D eigenvalue weighted by atomic mass is 16.2. The van der Waals surface area contributed by atoms with Gasteiger partial charge in [0.25, 0.3) is 5.91 Å². The SMILES string of the molecule is CCCCCCC(=O)Nc1ccc(C(=O)NN=Cc2cccnc2)cc1. The number of unbranched alkanes of at least 4 members (excludes halogenated alkanes) is 3. The zero-order valence-corrected chi connectivity index (χ0v) is 14.9. The molecule has 0 aliphatic heterocycles. The first-order chi connectivity index (χ1) is 12.7. The number of carbonyl (C=O) groups excluding carboxylic acids is 2. The summed E-state index contributed by atoms with van der Waals surface area (Å²) in [6, 6.07) is 10.4. The predicted molar refractivity (Wildman–Crippen MR) is 103 cm³/mol. The van der Waals surface area contributed by atoms with Crippen LogP contribution in [0.4, 0.5) is 5.69 Å². The van der Waals surface area contributed by atoms with Crippen molar-refractivity contribution < 1.29 is 9.59 Å². The van der Waals surface area contributed by atoms with Crippen molar-refractivity contribution in [1.82, 2.24) is 10.4 Å². The van der Waals surface area contributed by atoms with Gasteiger partial charge in [0.05, 0.1) is 6.21 Å². The number of hydrogen-bond acceptors (Lipinski definition) is 4. The third-order valence-corrected chi connectivity index (χ3v) is 3.75. The predicted octanol–water partition coefficient (Wildman–Crippen LogP) is 3.75. The fourth-order valence-corrected chi connectivity index (χ4v) is 2.32. The summed E-state index contributed by atoms with van der Waals surface area (Å²) in [6.07, 6.45) is 9.63. The lowest BCUT2D eigenvalue weighted by molar-refractivity contribution is -0.116. The minimum atomic E-state index is -0.317. The number of nitrogens with zero attached hydrogens (tertiary/aromatic N) is 2. The molecule has 0 unspecified atom stereocenters. The lowest BCUT2D eigenvalue weighted by Crippen LogP contribution is -2.17. The molecule has 0 fully saturated rings. The molecule has 0 atom stereocenters. The molecule has 2 rings (SSSR count). The second-order valence-corrected chi connectivity index (χ2v) is 5.92. The quantitative estimate of drug-likeness (QED) is 0.409. The summed E-state index contributed by atoms with van der Waals surface area (Å²) in [5.74, 6) is -0.318. The Bertz CT molecular complexity index is 727. The average molecular weight is 352 g/mol. The molecule has 26 heavy (non-hydrogen) atoms. The van der Waals surface area contributed by atoms with E-state index in [-0.39, 0.29) is 11.8 Å². The van der Waals surface area contributed by atoms with Gasteiger partial charge in [0, 0.05) is 35.6 Å². The van der Waals surface area contributed by atoms with E-state index in [1.807, 2.05) is 6.07 Å². The summed E-state index contributed by atoms with van der Waals surface area (Å²) in [6.45, 7) is 2.14. The van der Waals surface area contributed by atoms with Gasteiger partial charge in [-0.25, -0.2) is 5.43 Å².